The maximum absolute atomic E-state index is 8.56. The fraction of sp³-hybridized carbons (Fsp3) is 0. The molecular formula is C39H24N4O. The Balaban J connectivity index is 1.21. The fourth-order valence-corrected chi connectivity index (χ4v) is 5.94. The Labute approximate surface area is 259 Å². The maximum atomic E-state index is 8.56. The molecule has 5 heteroatoms. The van der Waals surface area contributed by atoms with Gasteiger partial charge in [-0.2, -0.15) is 0 Å². The number of benzene rings is 6. The topological polar surface area (TPSA) is 56.7 Å². The second-order valence-corrected chi connectivity index (χ2v) is 10.5. The van der Waals surface area contributed by atoms with Crippen molar-refractivity contribution in [3.63, 3.8) is 0 Å². The molecule has 0 radical (unpaired) electrons. The Morgan fingerprint density at radius 1 is 0.477 bits per heavy atom. The van der Waals surface area contributed by atoms with Crippen molar-refractivity contribution in [1.82, 2.24) is 19.5 Å². The molecule has 0 aliphatic heterocycles. The summed E-state index contributed by atoms with van der Waals surface area (Å²) in [6.07, 6.45) is 0. The Morgan fingerprint density at radius 3 is 1.75 bits per heavy atom. The van der Waals surface area contributed by atoms with E-state index in [1.807, 2.05) is 60.7 Å². The van der Waals surface area contributed by atoms with Gasteiger partial charge in [-0.3, -0.25) is 0 Å². The van der Waals surface area contributed by atoms with Gasteiger partial charge >= 0.3 is 0 Å². The zero-order valence-electron chi connectivity index (χ0n) is 28.2. The van der Waals surface area contributed by atoms with Crippen molar-refractivity contribution < 1.29 is 11.3 Å². The molecule has 0 N–H and O–H groups in total. The molecule has 0 fully saturated rings. The minimum atomic E-state index is -0.479. The predicted octanol–water partition coefficient (Wildman–Crippen LogP) is 9.87. The van der Waals surface area contributed by atoms with Crippen molar-refractivity contribution in [2.24, 2.45) is 0 Å². The molecule has 0 spiro atoms. The van der Waals surface area contributed by atoms with E-state index in [-0.39, 0.29) is 29.3 Å². The first-order valence-electron chi connectivity index (χ1n) is 16.7. The summed E-state index contributed by atoms with van der Waals surface area (Å²) in [7, 11) is 0. The van der Waals surface area contributed by atoms with Gasteiger partial charge in [-0.05, 0) is 36.4 Å². The van der Waals surface area contributed by atoms with E-state index in [4.69, 9.17) is 16.3 Å². The van der Waals surface area contributed by atoms with Crippen LogP contribution < -0.4 is 0 Å². The number of para-hydroxylation sites is 2. The van der Waals surface area contributed by atoms with Gasteiger partial charge in [0.25, 0.3) is 0 Å². The molecule has 6 aromatic carbocycles. The van der Waals surface area contributed by atoms with Crippen LogP contribution in [0.15, 0.2) is 150 Å². The summed E-state index contributed by atoms with van der Waals surface area (Å²) < 4.78 is 50.3. The molecule has 9 aromatic rings. The first-order chi connectivity index (χ1) is 23.9. The first-order valence-corrected chi connectivity index (χ1v) is 14.2. The SMILES string of the molecule is [2H]c1c([2H])c([2H])c(-c2nc(-c3ccccc3)nc(-c3ccc4c(c3)oc3cc(-n5c6ccccc6c6ccccc65)ccc34)n2)c([2H])c1[2H]. The standard InChI is InChI=1S/C39H24N4O/c1-3-11-25(12-4-1)37-40-38(26-13-5-2-6-14-26)42-39(41-37)27-19-21-31-32-22-20-28(24-36(32)44-35(31)23-27)43-33-17-9-7-15-29(33)30-16-8-10-18-34(30)43/h1-24H/i1D,3D,4D,11D,12D. The van der Waals surface area contributed by atoms with Gasteiger partial charge < -0.3 is 8.98 Å². The normalized spacial score (nSPS) is 13.2. The molecule has 206 valence electrons. The smallest absolute Gasteiger partial charge is 0.164 e. The van der Waals surface area contributed by atoms with E-state index in [2.05, 4.69) is 69.1 Å². The number of hydrogen-bond donors (Lipinski definition) is 0. The highest BCUT2D eigenvalue weighted by molar-refractivity contribution is 6.10. The molecule has 0 atom stereocenters. The second kappa shape index (κ2) is 9.75. The lowest BCUT2D eigenvalue weighted by Crippen LogP contribution is -2.00. The van der Waals surface area contributed by atoms with Crippen LogP contribution in [0, 0.1) is 0 Å². The Morgan fingerprint density at radius 2 is 1.05 bits per heavy atom. The third-order valence-corrected chi connectivity index (χ3v) is 7.94. The van der Waals surface area contributed by atoms with Crippen molar-refractivity contribution in [3.05, 3.63) is 145 Å². The van der Waals surface area contributed by atoms with Crippen LogP contribution in [0.3, 0.4) is 0 Å². The van der Waals surface area contributed by atoms with Crippen molar-refractivity contribution in [1.29, 1.82) is 0 Å². The summed E-state index contributed by atoms with van der Waals surface area (Å²) in [5.74, 6) is 0.582. The summed E-state index contributed by atoms with van der Waals surface area (Å²) in [6.45, 7) is 0. The lowest BCUT2D eigenvalue weighted by atomic mass is 10.1. The molecule has 9 rings (SSSR count). The number of aromatic nitrogens is 4. The van der Waals surface area contributed by atoms with Crippen molar-refractivity contribution in [2.75, 3.05) is 0 Å². The zero-order chi connectivity index (χ0) is 33.4. The first kappa shape index (κ1) is 19.9. The Hall–Kier alpha value is -6.07. The van der Waals surface area contributed by atoms with Crippen LogP contribution >= 0.6 is 0 Å². The van der Waals surface area contributed by atoms with Gasteiger partial charge in [0, 0.05) is 50.0 Å². The van der Waals surface area contributed by atoms with Gasteiger partial charge in [0.2, 0.25) is 0 Å². The van der Waals surface area contributed by atoms with E-state index in [1.165, 1.54) is 10.8 Å². The molecule has 3 heterocycles. The van der Waals surface area contributed by atoms with Crippen LogP contribution in [-0.4, -0.2) is 19.5 Å². The van der Waals surface area contributed by atoms with Crippen LogP contribution in [0.2, 0.25) is 0 Å². The van der Waals surface area contributed by atoms with Crippen LogP contribution in [0.25, 0.3) is 83.6 Å². The average Bonchev–Trinajstić information content (AvgIpc) is 3.68. The highest BCUT2D eigenvalue weighted by Crippen LogP contribution is 2.36. The van der Waals surface area contributed by atoms with Gasteiger partial charge in [0.1, 0.15) is 11.2 Å². The van der Waals surface area contributed by atoms with Crippen molar-refractivity contribution >= 4 is 43.7 Å². The molecule has 0 aliphatic rings. The lowest BCUT2D eigenvalue weighted by molar-refractivity contribution is 0.668. The van der Waals surface area contributed by atoms with E-state index < -0.39 is 18.1 Å². The number of nitrogens with zero attached hydrogens (tertiary/aromatic N) is 4. The average molecular weight is 570 g/mol. The molecular weight excluding hydrogens is 540 g/mol. The molecule has 3 aromatic heterocycles. The van der Waals surface area contributed by atoms with E-state index in [1.54, 1.807) is 0 Å². The molecule has 0 unspecified atom stereocenters. The summed E-state index contributed by atoms with van der Waals surface area (Å²) in [5.41, 5.74) is 5.81. The van der Waals surface area contributed by atoms with E-state index in [0.29, 0.717) is 22.5 Å². The zero-order valence-corrected chi connectivity index (χ0v) is 23.2. The molecule has 0 bridgehead atoms. The summed E-state index contributed by atoms with van der Waals surface area (Å²) in [4.78, 5) is 14.0. The molecule has 0 aliphatic carbocycles. The largest absolute Gasteiger partial charge is 0.456 e. The summed E-state index contributed by atoms with van der Waals surface area (Å²) in [6, 6.07) is 35.9. The monoisotopic (exact) mass is 569 g/mol. The summed E-state index contributed by atoms with van der Waals surface area (Å²) >= 11 is 0. The highest BCUT2D eigenvalue weighted by atomic mass is 16.3. The number of rotatable bonds is 4. The molecule has 5 nitrogen and oxygen atoms in total. The number of fused-ring (bicyclic) bond motifs is 6. The van der Waals surface area contributed by atoms with Gasteiger partial charge in [-0.1, -0.05) is 103 Å². The minimum absolute atomic E-state index is 0.0126. The number of hydrogen-bond acceptors (Lipinski definition) is 4. The number of furan rings is 1. The fourth-order valence-electron chi connectivity index (χ4n) is 5.94. The molecule has 44 heavy (non-hydrogen) atoms. The van der Waals surface area contributed by atoms with Gasteiger partial charge in [-0.15, -0.1) is 0 Å². The third kappa shape index (κ3) is 3.91. The van der Waals surface area contributed by atoms with E-state index in [9.17, 15) is 0 Å². The van der Waals surface area contributed by atoms with E-state index in [0.717, 1.165) is 33.1 Å². The predicted molar refractivity (Wildman–Crippen MR) is 178 cm³/mol. The maximum Gasteiger partial charge on any atom is 0.164 e. The third-order valence-electron chi connectivity index (χ3n) is 7.94. The van der Waals surface area contributed by atoms with Gasteiger partial charge in [0.05, 0.1) is 17.9 Å². The minimum Gasteiger partial charge on any atom is -0.456 e. The Bertz CT molecular complexity index is 2710. The van der Waals surface area contributed by atoms with Crippen LogP contribution in [0.4, 0.5) is 0 Å². The van der Waals surface area contributed by atoms with Crippen LogP contribution in [0.5, 0.6) is 0 Å². The van der Waals surface area contributed by atoms with Crippen molar-refractivity contribution in [2.45, 2.75) is 0 Å². The van der Waals surface area contributed by atoms with Crippen molar-refractivity contribution in [3.8, 4) is 39.9 Å². The van der Waals surface area contributed by atoms with Gasteiger partial charge in [0.15, 0.2) is 17.5 Å². The molecule has 0 amide bonds. The quantitative estimate of drug-likeness (QED) is 0.212. The Kier molecular flexibility index (Phi) is 4.42. The highest BCUT2D eigenvalue weighted by Gasteiger charge is 2.16. The summed E-state index contributed by atoms with van der Waals surface area (Å²) in [5, 5.41) is 4.26. The van der Waals surface area contributed by atoms with Crippen LogP contribution in [-0.2, 0) is 0 Å². The van der Waals surface area contributed by atoms with Crippen LogP contribution in [0.1, 0.15) is 6.85 Å². The van der Waals surface area contributed by atoms with E-state index >= 15 is 0 Å². The lowest BCUT2D eigenvalue weighted by Gasteiger charge is -2.08. The second-order valence-electron chi connectivity index (χ2n) is 10.5. The molecule has 0 saturated heterocycles. The molecule has 0 saturated carbocycles. The van der Waals surface area contributed by atoms with Gasteiger partial charge in [-0.25, -0.2) is 15.0 Å².